The van der Waals surface area contributed by atoms with Crippen LogP contribution in [0.25, 0.3) is 5.65 Å². The second-order valence-electron chi connectivity index (χ2n) is 8.88. The predicted molar refractivity (Wildman–Crippen MR) is 105 cm³/mol. The maximum Gasteiger partial charge on any atom is 0.223 e. The SMILES string of the molecule is Cc1cc2nc(C(C)C)cc(N(C)CC3CC(=O)N(C(C)(C)C)C3)n2n1. The summed E-state index contributed by atoms with van der Waals surface area (Å²) in [7, 11) is 2.08. The van der Waals surface area contributed by atoms with E-state index in [9.17, 15) is 4.79 Å². The molecule has 0 aliphatic carbocycles. The largest absolute Gasteiger partial charge is 0.359 e. The Balaban J connectivity index is 1.86. The standard InChI is InChI=1S/C20H31N5O/c1-13(2)16-10-18(25-17(21-16)8-14(3)22-25)23(7)11-15-9-19(26)24(12-15)20(4,5)6/h8,10,13,15H,9,11-12H2,1-7H3. The number of aromatic nitrogens is 3. The number of rotatable bonds is 4. The van der Waals surface area contributed by atoms with Crippen LogP contribution in [-0.4, -0.2) is 51.1 Å². The first-order valence-electron chi connectivity index (χ1n) is 9.45. The molecule has 1 aliphatic rings. The van der Waals surface area contributed by atoms with E-state index in [1.54, 1.807) is 0 Å². The quantitative estimate of drug-likeness (QED) is 0.843. The molecule has 0 saturated carbocycles. The molecule has 142 valence electrons. The third-order valence-electron chi connectivity index (χ3n) is 5.08. The molecule has 1 atom stereocenters. The molecule has 1 aliphatic heterocycles. The Kier molecular flexibility index (Phi) is 4.71. The van der Waals surface area contributed by atoms with Gasteiger partial charge in [0.05, 0.1) is 5.69 Å². The second kappa shape index (κ2) is 6.56. The van der Waals surface area contributed by atoms with Crippen LogP contribution in [0.1, 0.15) is 58.3 Å². The minimum absolute atomic E-state index is 0.113. The van der Waals surface area contributed by atoms with Gasteiger partial charge in [0.2, 0.25) is 5.91 Å². The Morgan fingerprint density at radius 2 is 2.00 bits per heavy atom. The first-order valence-corrected chi connectivity index (χ1v) is 9.45. The van der Waals surface area contributed by atoms with Gasteiger partial charge in [0.15, 0.2) is 5.65 Å². The Morgan fingerprint density at radius 1 is 1.31 bits per heavy atom. The number of nitrogens with zero attached hydrogens (tertiary/aromatic N) is 5. The molecule has 2 aromatic heterocycles. The highest BCUT2D eigenvalue weighted by Gasteiger charge is 2.36. The molecule has 2 aromatic rings. The van der Waals surface area contributed by atoms with Crippen molar-refractivity contribution in [3.05, 3.63) is 23.5 Å². The average molecular weight is 358 g/mol. The first-order chi connectivity index (χ1) is 12.1. The number of hydrogen-bond donors (Lipinski definition) is 0. The average Bonchev–Trinajstić information content (AvgIpc) is 3.07. The van der Waals surface area contributed by atoms with Gasteiger partial charge in [-0.3, -0.25) is 4.79 Å². The van der Waals surface area contributed by atoms with Crippen LogP contribution >= 0.6 is 0 Å². The Labute approximate surface area is 156 Å². The number of carbonyl (C=O) groups is 1. The van der Waals surface area contributed by atoms with Crippen molar-refractivity contribution in [3.63, 3.8) is 0 Å². The number of likely N-dealkylation sites (tertiary alicyclic amines) is 1. The number of carbonyl (C=O) groups excluding carboxylic acids is 1. The number of aryl methyl sites for hydroxylation is 1. The maximum atomic E-state index is 12.4. The van der Waals surface area contributed by atoms with Gasteiger partial charge >= 0.3 is 0 Å². The molecule has 1 saturated heterocycles. The van der Waals surface area contributed by atoms with Crippen molar-refractivity contribution in [2.75, 3.05) is 25.0 Å². The predicted octanol–water partition coefficient (Wildman–Crippen LogP) is 3.24. The Bertz CT molecular complexity index is 817. The minimum Gasteiger partial charge on any atom is -0.359 e. The van der Waals surface area contributed by atoms with Crippen molar-refractivity contribution in [2.45, 2.75) is 59.4 Å². The van der Waals surface area contributed by atoms with Crippen LogP contribution in [0.15, 0.2) is 12.1 Å². The van der Waals surface area contributed by atoms with Crippen molar-refractivity contribution >= 4 is 17.4 Å². The summed E-state index contributed by atoms with van der Waals surface area (Å²) < 4.78 is 1.92. The van der Waals surface area contributed by atoms with Crippen molar-refractivity contribution in [2.24, 2.45) is 5.92 Å². The van der Waals surface area contributed by atoms with Crippen LogP contribution in [0.2, 0.25) is 0 Å². The molecular weight excluding hydrogens is 326 g/mol. The van der Waals surface area contributed by atoms with Crippen LogP contribution in [0, 0.1) is 12.8 Å². The highest BCUT2D eigenvalue weighted by Crippen LogP contribution is 2.28. The summed E-state index contributed by atoms with van der Waals surface area (Å²) in [6.07, 6.45) is 0.616. The molecular formula is C20H31N5O. The zero-order chi connectivity index (χ0) is 19.2. The van der Waals surface area contributed by atoms with Crippen LogP contribution in [-0.2, 0) is 4.79 Å². The van der Waals surface area contributed by atoms with Gasteiger partial charge in [-0.1, -0.05) is 13.8 Å². The molecule has 0 aromatic carbocycles. The van der Waals surface area contributed by atoms with Crippen molar-refractivity contribution in [1.29, 1.82) is 0 Å². The number of hydrogen-bond acceptors (Lipinski definition) is 4. The Morgan fingerprint density at radius 3 is 2.58 bits per heavy atom. The lowest BCUT2D eigenvalue weighted by Crippen LogP contribution is -2.42. The molecule has 0 radical (unpaired) electrons. The molecule has 26 heavy (non-hydrogen) atoms. The fraction of sp³-hybridized carbons (Fsp3) is 0.650. The number of amides is 1. The molecule has 6 nitrogen and oxygen atoms in total. The van der Waals surface area contributed by atoms with Crippen molar-refractivity contribution in [3.8, 4) is 0 Å². The maximum absolute atomic E-state index is 12.4. The van der Waals surface area contributed by atoms with Gasteiger partial charge in [-0.2, -0.15) is 9.61 Å². The van der Waals surface area contributed by atoms with Gasteiger partial charge in [-0.25, -0.2) is 4.98 Å². The zero-order valence-electron chi connectivity index (χ0n) is 17.1. The summed E-state index contributed by atoms with van der Waals surface area (Å²) in [5.74, 6) is 1.97. The summed E-state index contributed by atoms with van der Waals surface area (Å²) in [5.41, 5.74) is 2.80. The van der Waals surface area contributed by atoms with E-state index in [0.29, 0.717) is 18.3 Å². The van der Waals surface area contributed by atoms with E-state index in [-0.39, 0.29) is 11.4 Å². The van der Waals surface area contributed by atoms with E-state index in [4.69, 9.17) is 4.98 Å². The van der Waals surface area contributed by atoms with E-state index in [1.807, 2.05) is 22.4 Å². The third kappa shape index (κ3) is 3.55. The smallest absolute Gasteiger partial charge is 0.223 e. The van der Waals surface area contributed by atoms with E-state index in [0.717, 1.165) is 35.9 Å². The van der Waals surface area contributed by atoms with E-state index < -0.39 is 0 Å². The summed E-state index contributed by atoms with van der Waals surface area (Å²) in [6.45, 7) is 14.3. The molecule has 0 bridgehead atoms. The van der Waals surface area contributed by atoms with Gasteiger partial charge in [-0.15, -0.1) is 0 Å². The van der Waals surface area contributed by atoms with Crippen LogP contribution in [0.5, 0.6) is 0 Å². The van der Waals surface area contributed by atoms with Crippen LogP contribution < -0.4 is 4.90 Å². The highest BCUT2D eigenvalue weighted by atomic mass is 16.2. The van der Waals surface area contributed by atoms with Gasteiger partial charge in [0, 0.05) is 55.8 Å². The monoisotopic (exact) mass is 357 g/mol. The minimum atomic E-state index is -0.113. The molecule has 3 heterocycles. The van der Waals surface area contributed by atoms with Crippen molar-refractivity contribution in [1.82, 2.24) is 19.5 Å². The zero-order valence-corrected chi connectivity index (χ0v) is 17.1. The van der Waals surface area contributed by atoms with Gasteiger partial charge in [0.1, 0.15) is 5.82 Å². The van der Waals surface area contributed by atoms with Gasteiger partial charge < -0.3 is 9.80 Å². The fourth-order valence-electron chi connectivity index (χ4n) is 3.69. The molecule has 1 fully saturated rings. The number of anilines is 1. The summed E-state index contributed by atoms with van der Waals surface area (Å²) in [5, 5.41) is 4.61. The lowest BCUT2D eigenvalue weighted by Gasteiger charge is -2.32. The van der Waals surface area contributed by atoms with Crippen molar-refractivity contribution < 1.29 is 4.79 Å². The molecule has 6 heteroatoms. The topological polar surface area (TPSA) is 53.7 Å². The lowest BCUT2D eigenvalue weighted by molar-refractivity contribution is -0.131. The lowest BCUT2D eigenvalue weighted by atomic mass is 10.1. The third-order valence-corrected chi connectivity index (χ3v) is 5.08. The normalized spacial score (nSPS) is 18.4. The van der Waals surface area contributed by atoms with E-state index in [2.05, 4.69) is 57.7 Å². The summed E-state index contributed by atoms with van der Waals surface area (Å²) >= 11 is 0. The summed E-state index contributed by atoms with van der Waals surface area (Å²) in [4.78, 5) is 21.4. The fourth-order valence-corrected chi connectivity index (χ4v) is 3.69. The second-order valence-corrected chi connectivity index (χ2v) is 8.88. The molecule has 1 unspecified atom stereocenters. The number of fused-ring (bicyclic) bond motifs is 1. The van der Waals surface area contributed by atoms with E-state index in [1.165, 1.54) is 0 Å². The molecule has 3 rings (SSSR count). The summed E-state index contributed by atoms with van der Waals surface area (Å²) in [6, 6.07) is 4.14. The Hall–Kier alpha value is -2.11. The molecule has 0 spiro atoms. The molecule has 1 amide bonds. The molecule has 0 N–H and O–H groups in total. The highest BCUT2D eigenvalue weighted by molar-refractivity contribution is 5.79. The van der Waals surface area contributed by atoms with Gasteiger partial charge in [0.25, 0.3) is 0 Å². The van der Waals surface area contributed by atoms with Gasteiger partial charge in [-0.05, 0) is 33.6 Å². The first kappa shape index (κ1) is 18.7. The van der Waals surface area contributed by atoms with E-state index >= 15 is 0 Å². The van der Waals surface area contributed by atoms with Crippen LogP contribution in [0.4, 0.5) is 5.82 Å². The van der Waals surface area contributed by atoms with Crippen LogP contribution in [0.3, 0.4) is 0 Å².